The minimum Gasteiger partial charge on any atom is -0.351 e. The van der Waals surface area contributed by atoms with Crippen LogP contribution in [0.25, 0.3) is 76.9 Å². The van der Waals surface area contributed by atoms with Gasteiger partial charge in [0.2, 0.25) is 0 Å². The van der Waals surface area contributed by atoms with Gasteiger partial charge in [-0.2, -0.15) is 0 Å². The number of para-hydroxylation sites is 5. The highest BCUT2D eigenvalue weighted by Crippen LogP contribution is 2.42. The van der Waals surface area contributed by atoms with Gasteiger partial charge in [-0.25, -0.2) is 0 Å². The quantitative estimate of drug-likeness (QED) is 0.217. The molecule has 4 heterocycles. The molecule has 0 amide bonds. The molecule has 3 aromatic heterocycles. The van der Waals surface area contributed by atoms with Crippen LogP contribution >= 0.6 is 0 Å². The maximum Gasteiger partial charge on any atom is 0.108 e. The van der Waals surface area contributed by atoms with Crippen LogP contribution in [0, 0.1) is 0 Å². The lowest BCUT2D eigenvalue weighted by Gasteiger charge is -2.25. The molecule has 4 heteroatoms. The average Bonchev–Trinajstić information content (AvgIpc) is 3.67. The van der Waals surface area contributed by atoms with E-state index in [4.69, 9.17) is 0 Å². The second-order valence-electron chi connectivity index (χ2n) is 12.5. The Morgan fingerprint density at radius 1 is 0.478 bits per heavy atom. The predicted octanol–water partition coefficient (Wildman–Crippen LogP) is 10.8. The number of benzene rings is 6. The molecule has 1 N–H and O–H groups in total. The molecule has 1 aliphatic rings. The zero-order chi connectivity index (χ0) is 30.2. The minimum absolute atomic E-state index is 0.111. The van der Waals surface area contributed by atoms with E-state index in [0.29, 0.717) is 0 Å². The number of hydrogen-bond donors (Lipinski definition) is 1. The number of aromatic nitrogens is 3. The van der Waals surface area contributed by atoms with Crippen molar-refractivity contribution >= 4 is 71.2 Å². The van der Waals surface area contributed by atoms with Crippen molar-refractivity contribution in [3.63, 3.8) is 0 Å². The largest absolute Gasteiger partial charge is 0.351 e. The van der Waals surface area contributed by atoms with Crippen LogP contribution in [0.15, 0.2) is 146 Å². The van der Waals surface area contributed by atoms with Crippen molar-refractivity contribution in [1.82, 2.24) is 19.0 Å². The third kappa shape index (κ3) is 3.55. The monoisotopic (exact) mass is 592 g/mol. The molecular formula is C42H32N4. The molecule has 0 aliphatic carbocycles. The first-order chi connectivity index (χ1) is 22.9. The predicted molar refractivity (Wildman–Crippen MR) is 194 cm³/mol. The molecule has 10 rings (SSSR count). The fraction of sp³-hybridized carbons (Fsp3) is 0.0952. The van der Waals surface area contributed by atoms with Gasteiger partial charge in [0.15, 0.2) is 0 Å². The summed E-state index contributed by atoms with van der Waals surface area (Å²) < 4.78 is 7.47. The highest BCUT2D eigenvalue weighted by atomic mass is 15.3. The van der Waals surface area contributed by atoms with E-state index in [1.54, 1.807) is 0 Å². The number of rotatable bonds is 3. The number of fused-ring (bicyclic) bond motifs is 10. The van der Waals surface area contributed by atoms with Gasteiger partial charge in [-0.3, -0.25) is 4.57 Å². The van der Waals surface area contributed by atoms with Gasteiger partial charge in [-0.05, 0) is 67.8 Å². The van der Waals surface area contributed by atoms with Gasteiger partial charge in [-0.15, -0.1) is 0 Å². The van der Waals surface area contributed by atoms with Crippen molar-refractivity contribution in [2.45, 2.75) is 25.4 Å². The average molecular weight is 593 g/mol. The number of hydrogen-bond acceptors (Lipinski definition) is 1. The van der Waals surface area contributed by atoms with Gasteiger partial charge in [0.1, 0.15) is 12.0 Å². The van der Waals surface area contributed by atoms with Crippen LogP contribution in [0.3, 0.4) is 0 Å². The third-order valence-corrected chi connectivity index (χ3v) is 9.99. The lowest BCUT2D eigenvalue weighted by Crippen LogP contribution is -2.26. The van der Waals surface area contributed by atoms with Gasteiger partial charge in [0.05, 0.1) is 33.1 Å². The van der Waals surface area contributed by atoms with Gasteiger partial charge >= 0.3 is 0 Å². The Hall–Kier alpha value is -5.74. The Balaban J connectivity index is 1.27. The summed E-state index contributed by atoms with van der Waals surface area (Å²) in [5, 5.41) is 11.8. The van der Waals surface area contributed by atoms with Crippen LogP contribution in [-0.2, 0) is 0 Å². The Kier molecular flexibility index (Phi) is 5.49. The van der Waals surface area contributed by atoms with Crippen LogP contribution in [0.1, 0.15) is 25.4 Å². The van der Waals surface area contributed by atoms with E-state index in [0.717, 1.165) is 25.1 Å². The van der Waals surface area contributed by atoms with Crippen molar-refractivity contribution in [3.05, 3.63) is 146 Å². The van der Waals surface area contributed by atoms with E-state index >= 15 is 0 Å². The number of allylic oxidation sites excluding steroid dienone is 1. The third-order valence-electron chi connectivity index (χ3n) is 9.99. The molecule has 0 bridgehead atoms. The van der Waals surface area contributed by atoms with E-state index in [9.17, 15) is 0 Å². The molecule has 1 aliphatic heterocycles. The lowest BCUT2D eigenvalue weighted by atomic mass is 10.1. The van der Waals surface area contributed by atoms with Crippen molar-refractivity contribution in [1.29, 1.82) is 0 Å². The van der Waals surface area contributed by atoms with Crippen LogP contribution in [-0.4, -0.2) is 13.7 Å². The molecule has 0 saturated heterocycles. The molecule has 9 aromatic rings. The summed E-state index contributed by atoms with van der Waals surface area (Å²) in [6.45, 7) is 0. The van der Waals surface area contributed by atoms with Gasteiger partial charge in [0.25, 0.3) is 0 Å². The molecule has 220 valence electrons. The second-order valence-corrected chi connectivity index (χ2v) is 12.5. The molecule has 0 saturated carbocycles. The van der Waals surface area contributed by atoms with E-state index in [2.05, 4.69) is 165 Å². The standard InChI is InChI=1S/C42H32N4/c1-2-14-28(15-3-1)44-37-23-11-7-19-33(37)41-38(44)27-26-32-31-18-6-10-22-36(31)46(42(32)41)40-25-13-12-24-39(43-40)45-34-20-8-4-16-29(34)30-17-5-9-21-35(30)45/h1-11,14-23,25-27,39,43H,12-13,24H2. The van der Waals surface area contributed by atoms with Crippen molar-refractivity contribution < 1.29 is 0 Å². The highest BCUT2D eigenvalue weighted by Gasteiger charge is 2.25. The first-order valence-corrected chi connectivity index (χ1v) is 16.3. The molecular weight excluding hydrogens is 560 g/mol. The molecule has 46 heavy (non-hydrogen) atoms. The minimum atomic E-state index is 0.111. The van der Waals surface area contributed by atoms with Crippen LogP contribution in [0.4, 0.5) is 0 Å². The van der Waals surface area contributed by atoms with E-state index < -0.39 is 0 Å². The normalized spacial score (nSPS) is 15.7. The smallest absolute Gasteiger partial charge is 0.108 e. The zero-order valence-electron chi connectivity index (χ0n) is 25.4. The highest BCUT2D eigenvalue weighted by molar-refractivity contribution is 6.26. The van der Waals surface area contributed by atoms with Crippen molar-refractivity contribution in [3.8, 4) is 5.69 Å². The van der Waals surface area contributed by atoms with Crippen LogP contribution < -0.4 is 5.32 Å². The summed E-state index contributed by atoms with van der Waals surface area (Å²) >= 11 is 0. The van der Waals surface area contributed by atoms with Gasteiger partial charge < -0.3 is 14.5 Å². The lowest BCUT2D eigenvalue weighted by molar-refractivity contribution is 0.445. The summed E-state index contributed by atoms with van der Waals surface area (Å²) in [5.74, 6) is 1.15. The molecule has 0 radical (unpaired) electrons. The van der Waals surface area contributed by atoms with Crippen LogP contribution in [0.5, 0.6) is 0 Å². The number of nitrogens with one attached hydrogen (secondary N) is 1. The fourth-order valence-corrected chi connectivity index (χ4v) is 8.10. The Morgan fingerprint density at radius 2 is 1.04 bits per heavy atom. The summed E-state index contributed by atoms with van der Waals surface area (Å²) in [6.07, 6.45) is 5.71. The van der Waals surface area contributed by atoms with Crippen LogP contribution in [0.2, 0.25) is 0 Å². The zero-order valence-corrected chi connectivity index (χ0v) is 25.4. The Bertz CT molecular complexity index is 2590. The van der Waals surface area contributed by atoms with Gasteiger partial charge in [0, 0.05) is 38.0 Å². The number of nitrogens with zero attached hydrogens (tertiary/aromatic N) is 3. The first kappa shape index (κ1) is 25.6. The molecule has 0 spiro atoms. The molecule has 0 fully saturated rings. The summed E-state index contributed by atoms with van der Waals surface area (Å²) in [6, 6.07) is 50.8. The van der Waals surface area contributed by atoms with Crippen molar-refractivity contribution in [2.24, 2.45) is 0 Å². The van der Waals surface area contributed by atoms with Crippen molar-refractivity contribution in [2.75, 3.05) is 0 Å². The SMILES string of the molecule is C1=C(n2c3ccccc3c3ccc4c(c5ccccc5n4-c4ccccc4)c32)NC(n2c3ccccc3c3ccccc32)CCC1. The van der Waals surface area contributed by atoms with Gasteiger partial charge in [-0.1, -0.05) is 97.1 Å². The molecule has 6 aromatic carbocycles. The van der Waals surface area contributed by atoms with E-state index in [1.807, 2.05) is 0 Å². The molecule has 4 nitrogen and oxygen atoms in total. The summed E-state index contributed by atoms with van der Waals surface area (Å²) in [7, 11) is 0. The topological polar surface area (TPSA) is 26.8 Å². The van der Waals surface area contributed by atoms with E-state index in [-0.39, 0.29) is 6.17 Å². The fourth-order valence-electron chi connectivity index (χ4n) is 8.10. The Morgan fingerprint density at radius 3 is 1.74 bits per heavy atom. The maximum atomic E-state index is 4.12. The van der Waals surface area contributed by atoms with E-state index in [1.165, 1.54) is 71.1 Å². The summed E-state index contributed by atoms with van der Waals surface area (Å²) in [4.78, 5) is 0. The first-order valence-electron chi connectivity index (χ1n) is 16.3. The molecule has 1 unspecified atom stereocenters. The maximum absolute atomic E-state index is 4.12. The molecule has 1 atom stereocenters. The second kappa shape index (κ2) is 9.88. The summed E-state index contributed by atoms with van der Waals surface area (Å²) in [5.41, 5.74) is 8.65. The Labute approximate surface area is 266 Å².